The quantitative estimate of drug-likeness (QED) is 0.412. The molecule has 8 nitrogen and oxygen atoms in total. The van der Waals surface area contributed by atoms with E-state index in [1.165, 1.54) is 10.4 Å². The van der Waals surface area contributed by atoms with Gasteiger partial charge in [-0.1, -0.05) is 35.9 Å². The van der Waals surface area contributed by atoms with Crippen LogP contribution in [0, 0.1) is 27.7 Å². The standard InChI is InChI=1S/C26H26N6O2S/c1-14-9-11-18(12-10-14)22-21-15(2)16(3)35-25(21)32-17(4)30-31-24(32)23(28-22)29-26(33)27-19-7-6-8-20(13-19)34-5/h6-13,23H,1-5H3,(H2,27,29,33). The Labute approximate surface area is 207 Å². The first-order valence-corrected chi connectivity index (χ1v) is 12.1. The minimum Gasteiger partial charge on any atom is -0.497 e. The molecule has 1 aliphatic heterocycles. The molecule has 0 aliphatic carbocycles. The molecule has 2 N–H and O–H groups in total. The second kappa shape index (κ2) is 8.99. The lowest BCUT2D eigenvalue weighted by Gasteiger charge is -2.15. The number of nitrogens with one attached hydrogen (secondary N) is 2. The molecule has 1 atom stereocenters. The Morgan fingerprint density at radius 1 is 1.06 bits per heavy atom. The van der Waals surface area contributed by atoms with E-state index in [0.717, 1.165) is 33.2 Å². The molecule has 1 unspecified atom stereocenters. The van der Waals surface area contributed by atoms with Gasteiger partial charge in [-0.05, 0) is 45.4 Å². The van der Waals surface area contributed by atoms with Crippen LogP contribution in [0.3, 0.4) is 0 Å². The third-order valence-corrected chi connectivity index (χ3v) is 7.27. The number of anilines is 1. The predicted octanol–water partition coefficient (Wildman–Crippen LogP) is 5.24. The fourth-order valence-electron chi connectivity index (χ4n) is 4.12. The van der Waals surface area contributed by atoms with Crippen molar-refractivity contribution >= 4 is 28.8 Å². The minimum atomic E-state index is -0.739. The largest absolute Gasteiger partial charge is 0.497 e. The summed E-state index contributed by atoms with van der Waals surface area (Å²) in [5.41, 5.74) is 5.78. The number of aromatic nitrogens is 3. The maximum absolute atomic E-state index is 13.0. The van der Waals surface area contributed by atoms with Crippen molar-refractivity contribution in [2.75, 3.05) is 12.4 Å². The van der Waals surface area contributed by atoms with E-state index < -0.39 is 12.2 Å². The first-order chi connectivity index (χ1) is 16.9. The monoisotopic (exact) mass is 486 g/mol. The molecule has 0 saturated carbocycles. The number of aryl methyl sites for hydroxylation is 3. The van der Waals surface area contributed by atoms with Crippen LogP contribution in [0.1, 0.15) is 44.9 Å². The second-order valence-corrected chi connectivity index (χ2v) is 9.68. The molecule has 0 bridgehead atoms. The van der Waals surface area contributed by atoms with Crippen molar-refractivity contribution < 1.29 is 9.53 Å². The molecule has 0 radical (unpaired) electrons. The van der Waals surface area contributed by atoms with Gasteiger partial charge >= 0.3 is 6.03 Å². The van der Waals surface area contributed by atoms with E-state index >= 15 is 0 Å². The number of hydrogen-bond donors (Lipinski definition) is 2. The number of aliphatic imine (C=N–C) groups is 1. The van der Waals surface area contributed by atoms with Crippen LogP contribution in [0.15, 0.2) is 53.5 Å². The maximum Gasteiger partial charge on any atom is 0.321 e. The van der Waals surface area contributed by atoms with Gasteiger partial charge in [0.05, 0.1) is 12.8 Å². The summed E-state index contributed by atoms with van der Waals surface area (Å²) in [4.78, 5) is 19.3. The zero-order chi connectivity index (χ0) is 24.7. The van der Waals surface area contributed by atoms with E-state index in [9.17, 15) is 4.79 Å². The summed E-state index contributed by atoms with van der Waals surface area (Å²) >= 11 is 1.68. The normalized spacial score (nSPS) is 14.4. The van der Waals surface area contributed by atoms with E-state index in [0.29, 0.717) is 17.3 Å². The zero-order valence-electron chi connectivity index (χ0n) is 20.2. The van der Waals surface area contributed by atoms with Gasteiger partial charge in [0.25, 0.3) is 0 Å². The van der Waals surface area contributed by atoms with Gasteiger partial charge in [-0.2, -0.15) is 0 Å². The molecule has 5 rings (SSSR count). The fraction of sp³-hybridized carbons (Fsp3) is 0.231. The van der Waals surface area contributed by atoms with Gasteiger partial charge in [0.15, 0.2) is 12.0 Å². The molecule has 2 aromatic heterocycles. The summed E-state index contributed by atoms with van der Waals surface area (Å²) in [6, 6.07) is 15.1. The first kappa shape index (κ1) is 22.8. The van der Waals surface area contributed by atoms with Crippen LogP contribution in [-0.2, 0) is 0 Å². The number of benzene rings is 2. The summed E-state index contributed by atoms with van der Waals surface area (Å²) < 4.78 is 7.26. The van der Waals surface area contributed by atoms with Gasteiger partial charge in [-0.3, -0.25) is 9.56 Å². The van der Waals surface area contributed by atoms with Crippen molar-refractivity contribution in [3.05, 3.63) is 87.3 Å². The Morgan fingerprint density at radius 2 is 1.83 bits per heavy atom. The SMILES string of the molecule is COc1cccc(NC(=O)NC2N=C(c3ccc(C)cc3)c3c(sc(C)c3C)-n3c(C)nnc32)c1. The number of nitrogens with zero attached hydrogens (tertiary/aromatic N) is 4. The van der Waals surface area contributed by atoms with E-state index in [4.69, 9.17) is 9.73 Å². The molecule has 0 spiro atoms. The van der Waals surface area contributed by atoms with Crippen molar-refractivity contribution in [1.29, 1.82) is 0 Å². The summed E-state index contributed by atoms with van der Waals surface area (Å²) in [5.74, 6) is 1.96. The number of thiophene rings is 1. The Morgan fingerprint density at radius 3 is 2.57 bits per heavy atom. The van der Waals surface area contributed by atoms with Gasteiger partial charge < -0.3 is 15.4 Å². The topological polar surface area (TPSA) is 93.4 Å². The molecular weight excluding hydrogens is 460 g/mol. The smallest absolute Gasteiger partial charge is 0.321 e. The highest BCUT2D eigenvalue weighted by Crippen LogP contribution is 2.38. The van der Waals surface area contributed by atoms with E-state index in [-0.39, 0.29) is 0 Å². The van der Waals surface area contributed by atoms with E-state index in [1.807, 2.05) is 23.6 Å². The van der Waals surface area contributed by atoms with Gasteiger partial charge in [0, 0.05) is 27.8 Å². The molecule has 3 heterocycles. The molecule has 9 heteroatoms. The summed E-state index contributed by atoms with van der Waals surface area (Å²) in [5, 5.41) is 15.6. The molecule has 1 aliphatic rings. The van der Waals surface area contributed by atoms with Crippen molar-refractivity contribution in [2.45, 2.75) is 33.9 Å². The third-order valence-electron chi connectivity index (χ3n) is 6.08. The molecule has 0 fully saturated rings. The Bertz CT molecular complexity index is 1450. The number of ether oxygens (including phenoxy) is 1. The lowest BCUT2D eigenvalue weighted by molar-refractivity contribution is 0.248. The summed E-state index contributed by atoms with van der Waals surface area (Å²) in [6.45, 7) is 8.19. The lowest BCUT2D eigenvalue weighted by atomic mass is 9.99. The van der Waals surface area contributed by atoms with Gasteiger partial charge in [-0.25, -0.2) is 4.79 Å². The molecule has 0 saturated heterocycles. The predicted molar refractivity (Wildman–Crippen MR) is 138 cm³/mol. The fourth-order valence-corrected chi connectivity index (χ4v) is 5.34. The van der Waals surface area contributed by atoms with Crippen molar-refractivity contribution in [3.8, 4) is 10.8 Å². The summed E-state index contributed by atoms with van der Waals surface area (Å²) in [7, 11) is 1.59. The average molecular weight is 487 g/mol. The number of fused-ring (bicyclic) bond motifs is 3. The molecule has 178 valence electrons. The Hall–Kier alpha value is -3.98. The number of amides is 2. The average Bonchev–Trinajstić information content (AvgIpc) is 3.32. The Kier molecular flexibility index (Phi) is 5.86. The number of urea groups is 1. The van der Waals surface area contributed by atoms with Crippen LogP contribution in [0.25, 0.3) is 5.00 Å². The van der Waals surface area contributed by atoms with Crippen LogP contribution in [0.2, 0.25) is 0 Å². The maximum atomic E-state index is 13.0. The van der Waals surface area contributed by atoms with Crippen LogP contribution >= 0.6 is 11.3 Å². The first-order valence-electron chi connectivity index (χ1n) is 11.2. The highest BCUT2D eigenvalue weighted by Gasteiger charge is 2.32. The third kappa shape index (κ3) is 4.19. The molecule has 2 aromatic carbocycles. The van der Waals surface area contributed by atoms with Crippen molar-refractivity contribution in [2.24, 2.45) is 4.99 Å². The number of carbonyl (C=O) groups excluding carboxylic acids is 1. The van der Waals surface area contributed by atoms with Gasteiger partial charge in [0.2, 0.25) is 0 Å². The van der Waals surface area contributed by atoms with Crippen LogP contribution in [0.5, 0.6) is 5.75 Å². The minimum absolute atomic E-state index is 0.402. The Balaban J connectivity index is 1.59. The van der Waals surface area contributed by atoms with Crippen LogP contribution in [0.4, 0.5) is 10.5 Å². The molecule has 4 aromatic rings. The molecule has 2 amide bonds. The molecule has 35 heavy (non-hydrogen) atoms. The van der Waals surface area contributed by atoms with Gasteiger partial charge in [0.1, 0.15) is 16.6 Å². The molecular formula is C26H26N6O2S. The van der Waals surface area contributed by atoms with E-state index in [1.54, 1.807) is 30.6 Å². The highest BCUT2D eigenvalue weighted by molar-refractivity contribution is 7.15. The van der Waals surface area contributed by atoms with Crippen molar-refractivity contribution in [3.63, 3.8) is 0 Å². The summed E-state index contributed by atoms with van der Waals surface area (Å²) in [6.07, 6.45) is -0.739. The number of rotatable bonds is 4. The van der Waals surface area contributed by atoms with Crippen LogP contribution < -0.4 is 15.4 Å². The number of hydrogen-bond acceptors (Lipinski definition) is 6. The number of carbonyl (C=O) groups is 1. The lowest BCUT2D eigenvalue weighted by Crippen LogP contribution is -2.33. The van der Waals surface area contributed by atoms with Crippen LogP contribution in [-0.4, -0.2) is 33.6 Å². The van der Waals surface area contributed by atoms with Gasteiger partial charge in [-0.15, -0.1) is 21.5 Å². The zero-order valence-corrected chi connectivity index (χ0v) is 21.0. The highest BCUT2D eigenvalue weighted by atomic mass is 32.1. The van der Waals surface area contributed by atoms with E-state index in [2.05, 4.69) is 65.9 Å². The van der Waals surface area contributed by atoms with Crippen molar-refractivity contribution in [1.82, 2.24) is 20.1 Å². The number of methoxy groups -OCH3 is 1. The second-order valence-electron chi connectivity index (χ2n) is 8.48.